The van der Waals surface area contributed by atoms with Crippen molar-refractivity contribution in [3.05, 3.63) is 0 Å². The summed E-state index contributed by atoms with van der Waals surface area (Å²) >= 11 is 3.28. The predicted octanol–water partition coefficient (Wildman–Crippen LogP) is 2.90. The molecule has 0 radical (unpaired) electrons. The molecule has 0 aliphatic heterocycles. The first-order valence-electron chi connectivity index (χ1n) is 4.77. The fraction of sp³-hybridized carbons (Fsp3) is 0.727. The Morgan fingerprint density at radius 2 is 2.21 bits per heavy atom. The highest BCUT2D eigenvalue weighted by atomic mass is 79.9. The molecule has 0 bridgehead atoms. The third-order valence-electron chi connectivity index (χ3n) is 1.77. The van der Waals surface area contributed by atoms with Crippen LogP contribution in [0.4, 0.5) is 0 Å². The van der Waals surface area contributed by atoms with Crippen molar-refractivity contribution >= 4 is 21.9 Å². The summed E-state index contributed by atoms with van der Waals surface area (Å²) in [7, 11) is 0. The summed E-state index contributed by atoms with van der Waals surface area (Å²) in [5, 5.41) is 0. The van der Waals surface area contributed by atoms with Crippen LogP contribution in [0.25, 0.3) is 0 Å². The number of ether oxygens (including phenoxy) is 1. The Bertz CT molecular complexity index is 228. The van der Waals surface area contributed by atoms with Crippen LogP contribution in [-0.2, 0) is 9.53 Å². The van der Waals surface area contributed by atoms with E-state index in [2.05, 4.69) is 28.8 Å². The van der Waals surface area contributed by atoms with E-state index in [0.717, 1.165) is 19.3 Å². The van der Waals surface area contributed by atoms with Gasteiger partial charge in [-0.3, -0.25) is 4.79 Å². The highest BCUT2D eigenvalue weighted by Crippen LogP contribution is 2.16. The second-order valence-corrected chi connectivity index (χ2v) is 4.79. The molecule has 80 valence electrons. The average molecular weight is 261 g/mol. The van der Waals surface area contributed by atoms with Gasteiger partial charge in [0, 0.05) is 0 Å². The van der Waals surface area contributed by atoms with Crippen LogP contribution >= 0.6 is 15.9 Å². The molecule has 0 spiro atoms. The zero-order valence-electron chi connectivity index (χ0n) is 8.97. The molecule has 0 aromatic carbocycles. The Kier molecular flexibility index (Phi) is 5.87. The van der Waals surface area contributed by atoms with Crippen molar-refractivity contribution < 1.29 is 9.53 Å². The van der Waals surface area contributed by atoms with Crippen LogP contribution in [0.5, 0.6) is 0 Å². The molecule has 0 fully saturated rings. The summed E-state index contributed by atoms with van der Waals surface area (Å²) in [5.41, 5.74) is -0.810. The maximum Gasteiger partial charge on any atom is 0.321 e. The minimum absolute atomic E-state index is 0.241. The van der Waals surface area contributed by atoms with Gasteiger partial charge in [-0.1, -0.05) is 41.6 Å². The van der Waals surface area contributed by atoms with Crippen LogP contribution in [0.1, 0.15) is 40.0 Å². The normalized spacial score (nSPS) is 13.1. The highest BCUT2D eigenvalue weighted by molar-refractivity contribution is 9.10. The van der Waals surface area contributed by atoms with E-state index in [0.29, 0.717) is 0 Å². The molecule has 0 aliphatic rings. The van der Waals surface area contributed by atoms with Crippen molar-refractivity contribution in [2.24, 2.45) is 0 Å². The molecule has 3 heteroatoms. The lowest BCUT2D eigenvalue weighted by molar-refractivity contribution is -0.151. The third-order valence-corrected chi connectivity index (χ3v) is 2.60. The smallest absolute Gasteiger partial charge is 0.321 e. The summed E-state index contributed by atoms with van der Waals surface area (Å²) < 4.78 is 5.12. The summed E-state index contributed by atoms with van der Waals surface area (Å²) in [4.78, 5) is 11.2. The first kappa shape index (κ1) is 13.5. The summed E-state index contributed by atoms with van der Waals surface area (Å²) in [5.74, 6) is 2.14. The van der Waals surface area contributed by atoms with Gasteiger partial charge in [-0.25, -0.2) is 0 Å². The van der Waals surface area contributed by atoms with Gasteiger partial charge >= 0.3 is 5.97 Å². The molecule has 14 heavy (non-hydrogen) atoms. The van der Waals surface area contributed by atoms with Crippen molar-refractivity contribution in [3.8, 4) is 12.3 Å². The first-order valence-corrected chi connectivity index (χ1v) is 5.69. The standard InChI is InChI=1S/C11H17BrO2/c1-5-7-8-9(12)10(13)14-11(3,4)6-2/h2,9H,5,7-8H2,1,3-4H3. The van der Waals surface area contributed by atoms with Gasteiger partial charge in [0.25, 0.3) is 0 Å². The number of rotatable bonds is 5. The maximum absolute atomic E-state index is 11.5. The Labute approximate surface area is 94.5 Å². The van der Waals surface area contributed by atoms with E-state index >= 15 is 0 Å². The van der Waals surface area contributed by atoms with Crippen LogP contribution in [0, 0.1) is 12.3 Å². The number of unbranched alkanes of at least 4 members (excludes halogenated alkanes) is 1. The second kappa shape index (κ2) is 6.08. The summed E-state index contributed by atoms with van der Waals surface area (Å²) in [6, 6.07) is 0. The predicted molar refractivity (Wildman–Crippen MR) is 61.2 cm³/mol. The fourth-order valence-corrected chi connectivity index (χ4v) is 1.26. The Morgan fingerprint density at radius 3 is 2.64 bits per heavy atom. The van der Waals surface area contributed by atoms with Crippen molar-refractivity contribution in [1.82, 2.24) is 0 Å². The molecule has 0 aromatic rings. The molecular formula is C11H17BrO2. The van der Waals surface area contributed by atoms with Gasteiger partial charge in [0.15, 0.2) is 5.60 Å². The SMILES string of the molecule is C#CC(C)(C)OC(=O)C(Br)CCCC. The van der Waals surface area contributed by atoms with Gasteiger partial charge in [-0.05, 0) is 20.3 Å². The minimum atomic E-state index is -0.810. The quantitative estimate of drug-likeness (QED) is 0.432. The largest absolute Gasteiger partial charge is 0.446 e. The van der Waals surface area contributed by atoms with Gasteiger partial charge in [0.1, 0.15) is 4.83 Å². The molecule has 0 N–H and O–H groups in total. The lowest BCUT2D eigenvalue weighted by Crippen LogP contribution is -2.30. The van der Waals surface area contributed by atoms with E-state index in [1.54, 1.807) is 13.8 Å². The number of terminal acetylenes is 1. The number of esters is 1. The molecule has 1 unspecified atom stereocenters. The van der Waals surface area contributed by atoms with Crippen molar-refractivity contribution in [1.29, 1.82) is 0 Å². The lowest BCUT2D eigenvalue weighted by Gasteiger charge is -2.20. The van der Waals surface area contributed by atoms with Gasteiger partial charge in [0.2, 0.25) is 0 Å². The van der Waals surface area contributed by atoms with E-state index in [1.807, 2.05) is 0 Å². The van der Waals surface area contributed by atoms with Crippen LogP contribution in [0.3, 0.4) is 0 Å². The number of carbonyl (C=O) groups excluding carboxylic acids is 1. The monoisotopic (exact) mass is 260 g/mol. The Hall–Kier alpha value is -0.490. The van der Waals surface area contributed by atoms with E-state index < -0.39 is 5.60 Å². The van der Waals surface area contributed by atoms with Gasteiger partial charge in [-0.2, -0.15) is 0 Å². The fourth-order valence-electron chi connectivity index (χ4n) is 0.846. The molecule has 0 heterocycles. The van der Waals surface area contributed by atoms with Crippen molar-refractivity contribution in [3.63, 3.8) is 0 Å². The number of hydrogen-bond donors (Lipinski definition) is 0. The van der Waals surface area contributed by atoms with E-state index in [1.165, 1.54) is 0 Å². The van der Waals surface area contributed by atoms with Crippen molar-refractivity contribution in [2.75, 3.05) is 0 Å². The molecule has 0 saturated carbocycles. The molecule has 2 nitrogen and oxygen atoms in total. The van der Waals surface area contributed by atoms with E-state index in [4.69, 9.17) is 11.2 Å². The first-order chi connectivity index (χ1) is 6.43. The van der Waals surface area contributed by atoms with Gasteiger partial charge in [-0.15, -0.1) is 6.42 Å². The van der Waals surface area contributed by atoms with Crippen LogP contribution in [0.2, 0.25) is 0 Å². The molecule has 0 rings (SSSR count). The van der Waals surface area contributed by atoms with Gasteiger partial charge in [0.05, 0.1) is 0 Å². The Balaban J connectivity index is 4.03. The molecule has 1 atom stereocenters. The highest BCUT2D eigenvalue weighted by Gasteiger charge is 2.24. The molecule has 0 aliphatic carbocycles. The second-order valence-electron chi connectivity index (χ2n) is 3.69. The van der Waals surface area contributed by atoms with Crippen LogP contribution in [0.15, 0.2) is 0 Å². The summed E-state index contributed by atoms with van der Waals surface area (Å²) in [6.07, 6.45) is 8.06. The van der Waals surface area contributed by atoms with Gasteiger partial charge < -0.3 is 4.74 Å². The molecular weight excluding hydrogens is 244 g/mol. The topological polar surface area (TPSA) is 26.3 Å². The van der Waals surface area contributed by atoms with Crippen molar-refractivity contribution in [2.45, 2.75) is 50.5 Å². The van der Waals surface area contributed by atoms with Crippen LogP contribution < -0.4 is 0 Å². The molecule has 0 amide bonds. The zero-order valence-corrected chi connectivity index (χ0v) is 10.6. The van der Waals surface area contributed by atoms with E-state index in [-0.39, 0.29) is 10.8 Å². The average Bonchev–Trinajstić information content (AvgIpc) is 2.13. The number of alkyl halides is 1. The maximum atomic E-state index is 11.5. The van der Waals surface area contributed by atoms with Crippen LogP contribution in [-0.4, -0.2) is 16.4 Å². The zero-order chi connectivity index (χ0) is 11.2. The molecule has 0 saturated heterocycles. The number of hydrogen-bond acceptors (Lipinski definition) is 2. The Morgan fingerprint density at radius 1 is 1.64 bits per heavy atom. The minimum Gasteiger partial charge on any atom is -0.446 e. The number of carbonyl (C=O) groups is 1. The van der Waals surface area contributed by atoms with E-state index in [9.17, 15) is 4.79 Å². The molecule has 0 aromatic heterocycles. The number of halogens is 1. The lowest BCUT2D eigenvalue weighted by atomic mass is 10.1. The summed E-state index contributed by atoms with van der Waals surface area (Å²) in [6.45, 7) is 5.48. The third kappa shape index (κ3) is 5.29.